The Hall–Kier alpha value is -1.74. The van der Waals surface area contributed by atoms with Crippen molar-refractivity contribution in [2.75, 3.05) is 5.75 Å². The van der Waals surface area contributed by atoms with Crippen LogP contribution in [0.4, 0.5) is 0 Å². The fraction of sp³-hybridized carbons (Fsp3) is 0.417. The summed E-state index contributed by atoms with van der Waals surface area (Å²) in [7, 11) is 0. The molecule has 0 saturated heterocycles. The van der Waals surface area contributed by atoms with Crippen LogP contribution in [0.25, 0.3) is 11.6 Å². The van der Waals surface area contributed by atoms with Gasteiger partial charge in [0.1, 0.15) is 0 Å². The molecule has 0 N–H and O–H groups in total. The summed E-state index contributed by atoms with van der Waals surface area (Å²) in [5.41, 5.74) is 0. The van der Waals surface area contributed by atoms with Gasteiger partial charge in [-0.25, -0.2) is 0 Å². The molecule has 0 aromatic carbocycles. The summed E-state index contributed by atoms with van der Waals surface area (Å²) >= 11 is 1.63. The summed E-state index contributed by atoms with van der Waals surface area (Å²) in [6.45, 7) is 2.85. The standard InChI is InChI=1S/C12H14N4OS/c1-2-16-11(10-6-5-8-17-10)14-15-12(16)18-9-4-3-7-13/h5-6,8H,2-4,9H2,1H3. The second kappa shape index (κ2) is 6.26. The minimum Gasteiger partial charge on any atom is -0.461 e. The molecule has 0 aliphatic carbocycles. The van der Waals surface area contributed by atoms with Crippen molar-refractivity contribution in [3.63, 3.8) is 0 Å². The first kappa shape index (κ1) is 12.7. The van der Waals surface area contributed by atoms with Crippen LogP contribution >= 0.6 is 11.8 Å². The lowest BCUT2D eigenvalue weighted by Crippen LogP contribution is -1.99. The van der Waals surface area contributed by atoms with E-state index in [1.807, 2.05) is 16.7 Å². The van der Waals surface area contributed by atoms with E-state index < -0.39 is 0 Å². The molecule has 2 aromatic heterocycles. The maximum absolute atomic E-state index is 8.49. The lowest BCUT2D eigenvalue weighted by Gasteiger charge is -2.04. The second-order valence-electron chi connectivity index (χ2n) is 3.64. The average Bonchev–Trinajstić information content (AvgIpc) is 3.02. The minimum absolute atomic E-state index is 0.582. The number of rotatable bonds is 6. The van der Waals surface area contributed by atoms with E-state index in [0.29, 0.717) is 6.42 Å². The Labute approximate surface area is 110 Å². The van der Waals surface area contributed by atoms with Gasteiger partial charge >= 0.3 is 0 Å². The van der Waals surface area contributed by atoms with Crippen LogP contribution < -0.4 is 0 Å². The SMILES string of the molecule is CCn1c(SCCCC#N)nnc1-c1ccco1. The molecule has 18 heavy (non-hydrogen) atoms. The molecule has 0 atom stereocenters. The first-order valence-electron chi connectivity index (χ1n) is 5.83. The number of hydrogen-bond donors (Lipinski definition) is 0. The number of nitriles is 1. The summed E-state index contributed by atoms with van der Waals surface area (Å²) in [5.74, 6) is 2.36. The van der Waals surface area contributed by atoms with E-state index in [2.05, 4.69) is 23.2 Å². The number of unbranched alkanes of at least 4 members (excludes halogenated alkanes) is 1. The molecule has 0 aliphatic heterocycles. The van der Waals surface area contributed by atoms with Gasteiger partial charge in [0.25, 0.3) is 0 Å². The van der Waals surface area contributed by atoms with Gasteiger partial charge in [-0.1, -0.05) is 11.8 Å². The first-order chi connectivity index (χ1) is 8.86. The van der Waals surface area contributed by atoms with Crippen LogP contribution in [0.1, 0.15) is 19.8 Å². The number of furan rings is 1. The molecule has 2 heterocycles. The number of aromatic nitrogens is 3. The van der Waals surface area contributed by atoms with E-state index >= 15 is 0 Å². The molecule has 0 saturated carbocycles. The quantitative estimate of drug-likeness (QED) is 0.591. The van der Waals surface area contributed by atoms with E-state index in [-0.39, 0.29) is 0 Å². The first-order valence-corrected chi connectivity index (χ1v) is 6.82. The molecule has 0 spiro atoms. The Bertz CT molecular complexity index is 527. The molecule has 6 heteroatoms. The van der Waals surface area contributed by atoms with Gasteiger partial charge in [-0.05, 0) is 25.5 Å². The summed E-state index contributed by atoms with van der Waals surface area (Å²) in [4.78, 5) is 0. The van der Waals surface area contributed by atoms with Crippen molar-refractivity contribution < 1.29 is 4.42 Å². The van der Waals surface area contributed by atoms with Crippen molar-refractivity contribution in [3.05, 3.63) is 18.4 Å². The molecule has 94 valence electrons. The molecular weight excluding hydrogens is 248 g/mol. The summed E-state index contributed by atoms with van der Waals surface area (Å²) < 4.78 is 7.37. The number of nitrogens with zero attached hydrogens (tertiary/aromatic N) is 4. The third kappa shape index (κ3) is 2.74. The summed E-state index contributed by atoms with van der Waals surface area (Å²) in [5, 5.41) is 17.7. The van der Waals surface area contributed by atoms with Crippen molar-refractivity contribution in [2.24, 2.45) is 0 Å². The zero-order valence-corrected chi connectivity index (χ0v) is 11.0. The lowest BCUT2D eigenvalue weighted by molar-refractivity contribution is 0.567. The minimum atomic E-state index is 0.582. The van der Waals surface area contributed by atoms with Crippen LogP contribution in [0.15, 0.2) is 28.0 Å². The highest BCUT2D eigenvalue weighted by Gasteiger charge is 2.14. The Morgan fingerprint density at radius 3 is 3.06 bits per heavy atom. The lowest BCUT2D eigenvalue weighted by atomic mass is 10.4. The third-order valence-corrected chi connectivity index (χ3v) is 3.49. The Balaban J connectivity index is 2.10. The maximum Gasteiger partial charge on any atom is 0.200 e. The molecule has 0 aliphatic rings. The van der Waals surface area contributed by atoms with E-state index in [1.54, 1.807) is 18.0 Å². The van der Waals surface area contributed by atoms with Gasteiger partial charge in [-0.15, -0.1) is 10.2 Å². The molecular formula is C12H14N4OS. The van der Waals surface area contributed by atoms with E-state index in [1.165, 1.54) is 0 Å². The van der Waals surface area contributed by atoms with Crippen LogP contribution in [0.3, 0.4) is 0 Å². The molecule has 0 bridgehead atoms. The molecule has 5 nitrogen and oxygen atoms in total. The van der Waals surface area contributed by atoms with Gasteiger partial charge in [0.05, 0.1) is 12.3 Å². The normalized spacial score (nSPS) is 10.4. The average molecular weight is 262 g/mol. The van der Waals surface area contributed by atoms with Crippen LogP contribution in [-0.2, 0) is 6.54 Å². The van der Waals surface area contributed by atoms with E-state index in [4.69, 9.17) is 9.68 Å². The van der Waals surface area contributed by atoms with Crippen LogP contribution in [0.2, 0.25) is 0 Å². The molecule has 0 fully saturated rings. The van der Waals surface area contributed by atoms with Gasteiger partial charge in [-0.3, -0.25) is 4.57 Å². The third-order valence-electron chi connectivity index (χ3n) is 2.44. The number of hydrogen-bond acceptors (Lipinski definition) is 5. The van der Waals surface area contributed by atoms with Gasteiger partial charge in [0.15, 0.2) is 16.7 Å². The van der Waals surface area contributed by atoms with Crippen molar-refractivity contribution in [1.29, 1.82) is 5.26 Å². The fourth-order valence-electron chi connectivity index (χ4n) is 1.58. The summed E-state index contributed by atoms with van der Waals surface area (Å²) in [6.07, 6.45) is 3.08. The van der Waals surface area contributed by atoms with E-state index in [0.717, 1.165) is 35.5 Å². The molecule has 2 rings (SSSR count). The highest BCUT2D eigenvalue weighted by Crippen LogP contribution is 2.24. The van der Waals surface area contributed by atoms with Crippen molar-refractivity contribution in [2.45, 2.75) is 31.5 Å². The van der Waals surface area contributed by atoms with Gasteiger partial charge in [0, 0.05) is 18.7 Å². The topological polar surface area (TPSA) is 67.6 Å². The number of thioether (sulfide) groups is 1. The summed E-state index contributed by atoms with van der Waals surface area (Å²) in [6, 6.07) is 5.85. The van der Waals surface area contributed by atoms with Gasteiger partial charge in [-0.2, -0.15) is 5.26 Å². The zero-order chi connectivity index (χ0) is 12.8. The van der Waals surface area contributed by atoms with Gasteiger partial charge in [0.2, 0.25) is 0 Å². The van der Waals surface area contributed by atoms with Crippen molar-refractivity contribution in [1.82, 2.24) is 14.8 Å². The Kier molecular flexibility index (Phi) is 4.42. The van der Waals surface area contributed by atoms with Crippen LogP contribution in [-0.4, -0.2) is 20.5 Å². The molecule has 0 amide bonds. The van der Waals surface area contributed by atoms with Crippen molar-refractivity contribution >= 4 is 11.8 Å². The second-order valence-corrected chi connectivity index (χ2v) is 4.70. The highest BCUT2D eigenvalue weighted by atomic mass is 32.2. The molecule has 0 unspecified atom stereocenters. The molecule has 0 radical (unpaired) electrons. The smallest absolute Gasteiger partial charge is 0.200 e. The highest BCUT2D eigenvalue weighted by molar-refractivity contribution is 7.99. The fourth-order valence-corrected chi connectivity index (χ4v) is 2.52. The Morgan fingerprint density at radius 2 is 2.39 bits per heavy atom. The van der Waals surface area contributed by atoms with Gasteiger partial charge < -0.3 is 4.42 Å². The van der Waals surface area contributed by atoms with E-state index in [9.17, 15) is 0 Å². The maximum atomic E-state index is 8.49. The van der Waals surface area contributed by atoms with Crippen LogP contribution in [0.5, 0.6) is 0 Å². The largest absolute Gasteiger partial charge is 0.461 e. The predicted molar refractivity (Wildman–Crippen MR) is 69.0 cm³/mol. The monoisotopic (exact) mass is 262 g/mol. The molecule has 2 aromatic rings. The van der Waals surface area contributed by atoms with Crippen molar-refractivity contribution in [3.8, 4) is 17.7 Å². The zero-order valence-electron chi connectivity index (χ0n) is 10.2. The van der Waals surface area contributed by atoms with Crippen LogP contribution in [0, 0.1) is 11.3 Å². The Morgan fingerprint density at radius 1 is 1.50 bits per heavy atom. The predicted octanol–water partition coefficient (Wildman–Crippen LogP) is 2.95.